The van der Waals surface area contributed by atoms with Gasteiger partial charge in [0.15, 0.2) is 0 Å². The van der Waals surface area contributed by atoms with Crippen LogP contribution < -0.4 is 16.6 Å². The summed E-state index contributed by atoms with van der Waals surface area (Å²) >= 11 is 1.10. The molecule has 0 aliphatic heterocycles. The largest absolute Gasteiger partial charge is 0.326 e. The molecule has 0 radical (unpaired) electrons. The van der Waals surface area contributed by atoms with Crippen molar-refractivity contribution in [3.05, 3.63) is 61.9 Å². The van der Waals surface area contributed by atoms with E-state index in [0.717, 1.165) is 28.2 Å². The average Bonchev–Trinajstić information content (AvgIpc) is 2.62. The summed E-state index contributed by atoms with van der Waals surface area (Å²) < 4.78 is 0. The minimum Gasteiger partial charge on any atom is -0.319 e. The van der Waals surface area contributed by atoms with Crippen LogP contribution in [0.3, 0.4) is 0 Å². The van der Waals surface area contributed by atoms with E-state index in [2.05, 4.69) is 26.3 Å². The number of hydrogen-bond acceptors (Lipinski definition) is 6. The van der Waals surface area contributed by atoms with E-state index in [-0.39, 0.29) is 17.1 Å². The fourth-order valence-electron chi connectivity index (χ4n) is 2.51. The van der Waals surface area contributed by atoms with Crippen LogP contribution in [0.25, 0.3) is 10.9 Å². The number of rotatable bonds is 4. The monoisotopic (exact) mass is 381 g/mol. The molecule has 3 aromatic rings. The van der Waals surface area contributed by atoms with Gasteiger partial charge in [-0.2, -0.15) is 5.26 Å². The molecule has 1 aromatic carbocycles. The number of fused-ring (bicyclic) bond motifs is 1. The Morgan fingerprint density at radius 1 is 1.26 bits per heavy atom. The quantitative estimate of drug-likeness (QED) is 0.591. The highest BCUT2D eigenvalue weighted by Crippen LogP contribution is 2.25. The molecule has 0 aliphatic rings. The van der Waals surface area contributed by atoms with Gasteiger partial charge in [0.05, 0.1) is 16.8 Å². The first-order valence-electron chi connectivity index (χ1n) is 7.94. The van der Waals surface area contributed by atoms with Gasteiger partial charge in [0.2, 0.25) is 5.91 Å². The maximum absolute atomic E-state index is 12.2. The van der Waals surface area contributed by atoms with Gasteiger partial charge >= 0.3 is 5.69 Å². The van der Waals surface area contributed by atoms with E-state index in [9.17, 15) is 19.6 Å². The van der Waals surface area contributed by atoms with Gasteiger partial charge in [-0.05, 0) is 31.5 Å². The number of aromatic amines is 2. The molecule has 0 fully saturated rings. The number of H-pyrrole nitrogens is 2. The van der Waals surface area contributed by atoms with E-state index < -0.39 is 17.2 Å². The fraction of sp³-hybridized carbons (Fsp3) is 0.167. The predicted octanol–water partition coefficient (Wildman–Crippen LogP) is 1.83. The summed E-state index contributed by atoms with van der Waals surface area (Å²) in [5.74, 6) is -0.493. The lowest BCUT2D eigenvalue weighted by Gasteiger charge is -2.08. The summed E-state index contributed by atoms with van der Waals surface area (Å²) in [6.45, 7) is 3.46. The maximum Gasteiger partial charge on any atom is 0.326 e. The number of aromatic nitrogens is 3. The molecule has 0 atom stereocenters. The topological polar surface area (TPSA) is 132 Å². The van der Waals surface area contributed by atoms with E-state index >= 15 is 0 Å². The van der Waals surface area contributed by atoms with Crippen LogP contribution in [0.4, 0.5) is 5.69 Å². The number of hydrogen-bond donors (Lipinski definition) is 3. The lowest BCUT2D eigenvalue weighted by molar-refractivity contribution is -0.113. The number of aryl methyl sites for hydroxylation is 2. The maximum atomic E-state index is 12.2. The Morgan fingerprint density at radius 3 is 2.74 bits per heavy atom. The standard InChI is InChI=1S/C18H15N5O3S/c1-9-3-4-11-6-12(7-19)17(21-13(11)5-9)27-8-14(24)22-15-10(2)20-18(26)23-16(15)25/h3-6H,8H2,1-2H3,(H,22,24)(H2,20,23,25,26). The van der Waals surface area contributed by atoms with Gasteiger partial charge in [0.1, 0.15) is 16.8 Å². The normalized spacial score (nSPS) is 10.6. The van der Waals surface area contributed by atoms with Gasteiger partial charge in [0, 0.05) is 11.1 Å². The van der Waals surface area contributed by atoms with Crippen LogP contribution in [0.1, 0.15) is 16.8 Å². The third kappa shape index (κ3) is 4.07. The van der Waals surface area contributed by atoms with Crippen LogP contribution in [0.15, 0.2) is 38.9 Å². The molecule has 0 unspecified atom stereocenters. The summed E-state index contributed by atoms with van der Waals surface area (Å²) in [5, 5.41) is 13.1. The van der Waals surface area contributed by atoms with Crippen molar-refractivity contribution >= 4 is 34.3 Å². The van der Waals surface area contributed by atoms with Crippen molar-refractivity contribution in [2.75, 3.05) is 11.1 Å². The van der Waals surface area contributed by atoms with Gasteiger partial charge in [-0.25, -0.2) is 9.78 Å². The van der Waals surface area contributed by atoms with Crippen molar-refractivity contribution in [1.82, 2.24) is 15.0 Å². The van der Waals surface area contributed by atoms with Gasteiger partial charge in [-0.15, -0.1) is 0 Å². The highest BCUT2D eigenvalue weighted by Gasteiger charge is 2.13. The van der Waals surface area contributed by atoms with Crippen molar-refractivity contribution in [3.63, 3.8) is 0 Å². The second-order valence-corrected chi connectivity index (χ2v) is 6.86. The number of carbonyl (C=O) groups is 1. The van der Waals surface area contributed by atoms with Crippen LogP contribution >= 0.6 is 11.8 Å². The summed E-state index contributed by atoms with van der Waals surface area (Å²) in [6.07, 6.45) is 0. The van der Waals surface area contributed by atoms with Crippen LogP contribution in [0.2, 0.25) is 0 Å². The second kappa shape index (κ2) is 7.47. The van der Waals surface area contributed by atoms with Crippen molar-refractivity contribution in [1.29, 1.82) is 5.26 Å². The van der Waals surface area contributed by atoms with Crippen molar-refractivity contribution < 1.29 is 4.79 Å². The van der Waals surface area contributed by atoms with Gasteiger partial charge in [-0.1, -0.05) is 23.9 Å². The van der Waals surface area contributed by atoms with Gasteiger partial charge < -0.3 is 10.3 Å². The molecular formula is C18H15N5O3S. The minimum absolute atomic E-state index is 0.0113. The van der Waals surface area contributed by atoms with Crippen molar-refractivity contribution in [2.24, 2.45) is 0 Å². The molecule has 1 amide bonds. The Balaban J connectivity index is 1.80. The lowest BCUT2D eigenvalue weighted by Crippen LogP contribution is -2.29. The highest BCUT2D eigenvalue weighted by molar-refractivity contribution is 8.00. The SMILES string of the molecule is Cc1ccc2cc(C#N)c(SCC(=O)Nc3c(C)[nH]c(=O)[nH]c3=O)nc2c1. The molecular weight excluding hydrogens is 366 g/mol. The first-order valence-corrected chi connectivity index (χ1v) is 8.93. The van der Waals surface area contributed by atoms with Crippen molar-refractivity contribution in [3.8, 4) is 6.07 Å². The molecule has 3 N–H and O–H groups in total. The molecule has 27 heavy (non-hydrogen) atoms. The zero-order chi connectivity index (χ0) is 19.6. The third-order valence-electron chi connectivity index (χ3n) is 3.79. The molecule has 0 bridgehead atoms. The third-order valence-corrected chi connectivity index (χ3v) is 4.78. The molecule has 0 saturated carbocycles. The number of nitrogens with zero attached hydrogens (tertiary/aromatic N) is 2. The Kier molecular flexibility index (Phi) is 5.09. The van der Waals surface area contributed by atoms with Crippen LogP contribution in [0, 0.1) is 25.2 Å². The number of anilines is 1. The van der Waals surface area contributed by atoms with Crippen LogP contribution in [-0.2, 0) is 4.79 Å². The number of amides is 1. The molecule has 136 valence electrons. The van der Waals surface area contributed by atoms with Crippen LogP contribution in [0.5, 0.6) is 0 Å². The number of thioether (sulfide) groups is 1. The molecule has 9 heteroatoms. The summed E-state index contributed by atoms with van der Waals surface area (Å²) in [7, 11) is 0. The zero-order valence-corrected chi connectivity index (χ0v) is 15.4. The Labute approximate surface area is 157 Å². The Hall–Kier alpha value is -3.38. The second-order valence-electron chi connectivity index (χ2n) is 5.89. The van der Waals surface area contributed by atoms with E-state index in [1.165, 1.54) is 6.92 Å². The smallest absolute Gasteiger partial charge is 0.319 e. The molecule has 2 heterocycles. The number of carbonyl (C=O) groups excluding carboxylic acids is 1. The summed E-state index contributed by atoms with van der Waals surface area (Å²) in [6, 6.07) is 9.57. The minimum atomic E-state index is -0.674. The lowest BCUT2D eigenvalue weighted by atomic mass is 10.1. The molecule has 8 nitrogen and oxygen atoms in total. The number of benzene rings is 1. The molecule has 0 aliphatic carbocycles. The first-order chi connectivity index (χ1) is 12.9. The highest BCUT2D eigenvalue weighted by atomic mass is 32.2. The summed E-state index contributed by atoms with van der Waals surface area (Å²) in [4.78, 5) is 44.1. The van der Waals surface area contributed by atoms with E-state index in [1.807, 2.05) is 25.1 Å². The van der Waals surface area contributed by atoms with E-state index in [0.29, 0.717) is 10.6 Å². The van der Waals surface area contributed by atoms with Gasteiger partial charge in [-0.3, -0.25) is 14.6 Å². The predicted molar refractivity (Wildman–Crippen MR) is 103 cm³/mol. The summed E-state index contributed by atoms with van der Waals surface area (Å²) in [5.41, 5.74) is 1.10. The Bertz CT molecular complexity index is 1210. The fourth-order valence-corrected chi connectivity index (χ4v) is 3.27. The number of pyridine rings is 1. The van der Waals surface area contributed by atoms with E-state index in [4.69, 9.17) is 0 Å². The molecule has 0 spiro atoms. The average molecular weight is 381 g/mol. The zero-order valence-electron chi connectivity index (χ0n) is 14.5. The molecule has 3 rings (SSSR count). The Morgan fingerprint density at radius 2 is 2.04 bits per heavy atom. The number of nitriles is 1. The molecule has 2 aromatic heterocycles. The van der Waals surface area contributed by atoms with Gasteiger partial charge in [0.25, 0.3) is 5.56 Å². The number of nitrogens with one attached hydrogen (secondary N) is 3. The van der Waals surface area contributed by atoms with Crippen molar-refractivity contribution in [2.45, 2.75) is 18.9 Å². The van der Waals surface area contributed by atoms with E-state index in [1.54, 1.807) is 6.07 Å². The molecule has 0 saturated heterocycles. The first kappa shape index (κ1) is 18.4. The van der Waals surface area contributed by atoms with Crippen LogP contribution in [-0.4, -0.2) is 26.6 Å².